The maximum Gasteiger partial charge on any atom is 0.0705 e. The van der Waals surface area contributed by atoms with E-state index in [0.717, 1.165) is 25.7 Å². The Balaban J connectivity index is 2.01. The summed E-state index contributed by atoms with van der Waals surface area (Å²) in [7, 11) is 0. The highest BCUT2D eigenvalue weighted by molar-refractivity contribution is 5.09. The van der Waals surface area contributed by atoms with Crippen molar-refractivity contribution in [1.82, 2.24) is 0 Å². The molecule has 4 bridgehead atoms. The van der Waals surface area contributed by atoms with Crippen molar-refractivity contribution in [3.63, 3.8) is 0 Å². The summed E-state index contributed by atoms with van der Waals surface area (Å²) in [6.07, 6.45) is 5.07. The second-order valence-corrected chi connectivity index (χ2v) is 5.04. The molecule has 4 fully saturated rings. The fraction of sp³-hybridized carbons (Fsp3) is 1.00. The number of fused-ring (bicyclic) bond motifs is 1. The summed E-state index contributed by atoms with van der Waals surface area (Å²) >= 11 is 0. The van der Waals surface area contributed by atoms with Crippen molar-refractivity contribution in [3.05, 3.63) is 0 Å². The zero-order chi connectivity index (χ0) is 8.34. The molecule has 0 amide bonds. The molecule has 0 aromatic heterocycles. The van der Waals surface area contributed by atoms with Gasteiger partial charge in [-0.1, -0.05) is 0 Å². The molecule has 0 saturated heterocycles. The van der Waals surface area contributed by atoms with Gasteiger partial charge in [-0.2, -0.15) is 0 Å². The minimum absolute atomic E-state index is 0.199. The van der Waals surface area contributed by atoms with Crippen LogP contribution in [0.3, 0.4) is 0 Å². The smallest absolute Gasteiger partial charge is 0.0705 e. The van der Waals surface area contributed by atoms with Gasteiger partial charge in [0.2, 0.25) is 0 Å². The van der Waals surface area contributed by atoms with E-state index in [9.17, 15) is 10.2 Å². The van der Waals surface area contributed by atoms with Gasteiger partial charge < -0.3 is 10.2 Å². The standard InChI is InChI=1S/C10H16O2/c11-8-4-6-3-7-1-2-10(12,5-6)9(7)8/h6-9,11-12H,1-5H2/t6-,7+,8?,9+,10+/m0/s1. The predicted molar refractivity (Wildman–Crippen MR) is 44.5 cm³/mol. The third kappa shape index (κ3) is 0.728. The van der Waals surface area contributed by atoms with E-state index < -0.39 is 5.60 Å². The topological polar surface area (TPSA) is 40.5 Å². The quantitative estimate of drug-likeness (QED) is 0.564. The van der Waals surface area contributed by atoms with Gasteiger partial charge in [0.1, 0.15) is 0 Å². The molecule has 0 heterocycles. The van der Waals surface area contributed by atoms with Gasteiger partial charge in [-0.25, -0.2) is 0 Å². The molecule has 4 rings (SSSR count). The van der Waals surface area contributed by atoms with Crippen molar-refractivity contribution in [2.75, 3.05) is 0 Å². The average molecular weight is 168 g/mol. The van der Waals surface area contributed by atoms with Crippen molar-refractivity contribution >= 4 is 0 Å². The number of rotatable bonds is 0. The Morgan fingerprint density at radius 2 is 2.08 bits per heavy atom. The van der Waals surface area contributed by atoms with Crippen LogP contribution in [0.5, 0.6) is 0 Å². The Morgan fingerprint density at radius 1 is 1.25 bits per heavy atom. The van der Waals surface area contributed by atoms with E-state index in [2.05, 4.69) is 0 Å². The normalized spacial score (nSPS) is 62.5. The van der Waals surface area contributed by atoms with Crippen molar-refractivity contribution < 1.29 is 10.2 Å². The van der Waals surface area contributed by atoms with Gasteiger partial charge in [-0.05, 0) is 43.9 Å². The molecule has 0 aromatic carbocycles. The van der Waals surface area contributed by atoms with Crippen LogP contribution in [0.4, 0.5) is 0 Å². The zero-order valence-electron chi connectivity index (χ0n) is 7.24. The Kier molecular flexibility index (Phi) is 1.25. The van der Waals surface area contributed by atoms with E-state index in [4.69, 9.17) is 0 Å². The van der Waals surface area contributed by atoms with Gasteiger partial charge in [-0.15, -0.1) is 0 Å². The molecule has 0 aromatic rings. The first-order valence-electron chi connectivity index (χ1n) is 5.09. The maximum absolute atomic E-state index is 10.2. The van der Waals surface area contributed by atoms with E-state index in [1.165, 1.54) is 6.42 Å². The Labute approximate surface area is 72.6 Å². The van der Waals surface area contributed by atoms with E-state index in [-0.39, 0.29) is 12.0 Å². The van der Waals surface area contributed by atoms with Crippen LogP contribution in [0, 0.1) is 17.8 Å². The number of aliphatic hydroxyl groups excluding tert-OH is 1. The van der Waals surface area contributed by atoms with Crippen LogP contribution in [0.25, 0.3) is 0 Å². The van der Waals surface area contributed by atoms with Gasteiger partial charge in [0.05, 0.1) is 11.7 Å². The van der Waals surface area contributed by atoms with Crippen LogP contribution >= 0.6 is 0 Å². The van der Waals surface area contributed by atoms with Crippen molar-refractivity contribution in [1.29, 1.82) is 0 Å². The molecule has 0 spiro atoms. The molecule has 0 aliphatic heterocycles. The van der Waals surface area contributed by atoms with E-state index >= 15 is 0 Å². The third-order valence-corrected chi connectivity index (χ3v) is 4.34. The van der Waals surface area contributed by atoms with E-state index in [0.29, 0.717) is 11.8 Å². The summed E-state index contributed by atoms with van der Waals surface area (Å²) in [5.41, 5.74) is -0.467. The van der Waals surface area contributed by atoms with Crippen LogP contribution in [-0.4, -0.2) is 21.9 Å². The number of aliphatic hydroxyl groups is 2. The molecule has 2 nitrogen and oxygen atoms in total. The minimum Gasteiger partial charge on any atom is -0.393 e. The number of hydrogen-bond acceptors (Lipinski definition) is 2. The van der Waals surface area contributed by atoms with Gasteiger partial charge in [0.15, 0.2) is 0 Å². The van der Waals surface area contributed by atoms with Crippen LogP contribution in [0.1, 0.15) is 32.1 Å². The van der Waals surface area contributed by atoms with Crippen LogP contribution in [-0.2, 0) is 0 Å². The summed E-state index contributed by atoms with van der Waals surface area (Å²) < 4.78 is 0. The third-order valence-electron chi connectivity index (χ3n) is 4.34. The lowest BCUT2D eigenvalue weighted by atomic mass is 9.60. The summed E-state index contributed by atoms with van der Waals surface area (Å²) in [6, 6.07) is 0. The Morgan fingerprint density at radius 3 is 2.67 bits per heavy atom. The minimum atomic E-state index is -0.467. The van der Waals surface area contributed by atoms with Gasteiger partial charge in [0.25, 0.3) is 0 Å². The predicted octanol–water partition coefficient (Wildman–Crippen LogP) is 0.918. The van der Waals surface area contributed by atoms with Gasteiger partial charge in [-0.3, -0.25) is 0 Å². The molecule has 5 atom stereocenters. The van der Waals surface area contributed by atoms with Crippen molar-refractivity contribution in [2.24, 2.45) is 17.8 Å². The lowest BCUT2D eigenvalue weighted by molar-refractivity contribution is -0.145. The van der Waals surface area contributed by atoms with Crippen LogP contribution in [0.15, 0.2) is 0 Å². The molecular weight excluding hydrogens is 152 g/mol. The lowest BCUT2D eigenvalue weighted by Crippen LogP contribution is -2.53. The number of hydrogen-bond donors (Lipinski definition) is 2. The summed E-state index contributed by atoms with van der Waals surface area (Å²) in [5.74, 6) is 1.47. The first-order valence-corrected chi connectivity index (χ1v) is 5.09. The molecule has 1 unspecified atom stereocenters. The Bertz CT molecular complexity index is 216. The van der Waals surface area contributed by atoms with E-state index in [1.807, 2.05) is 0 Å². The first kappa shape index (κ1) is 7.34. The zero-order valence-corrected chi connectivity index (χ0v) is 7.24. The highest BCUT2D eigenvalue weighted by Gasteiger charge is 2.58. The summed E-state index contributed by atoms with van der Waals surface area (Å²) in [5, 5.41) is 20.0. The molecule has 2 N–H and O–H groups in total. The molecular formula is C10H16O2. The van der Waals surface area contributed by atoms with Gasteiger partial charge in [0, 0.05) is 5.92 Å². The SMILES string of the molecule is OC1C[C@@H]2C[C@H]3CC[C@@](O)(C2)[C@@H]13. The lowest BCUT2D eigenvalue weighted by Gasteiger charge is -2.49. The first-order chi connectivity index (χ1) is 5.69. The highest BCUT2D eigenvalue weighted by Crippen LogP contribution is 2.58. The molecule has 0 radical (unpaired) electrons. The molecule has 68 valence electrons. The summed E-state index contributed by atoms with van der Waals surface area (Å²) in [4.78, 5) is 0. The second-order valence-electron chi connectivity index (χ2n) is 5.04. The second kappa shape index (κ2) is 2.05. The fourth-order valence-electron chi connectivity index (χ4n) is 4.07. The molecule has 12 heavy (non-hydrogen) atoms. The van der Waals surface area contributed by atoms with Gasteiger partial charge >= 0.3 is 0 Å². The molecule has 2 heteroatoms. The summed E-state index contributed by atoms with van der Waals surface area (Å²) in [6.45, 7) is 0. The van der Waals surface area contributed by atoms with Crippen LogP contribution in [0.2, 0.25) is 0 Å². The highest BCUT2D eigenvalue weighted by atomic mass is 16.3. The maximum atomic E-state index is 10.2. The largest absolute Gasteiger partial charge is 0.393 e. The van der Waals surface area contributed by atoms with Crippen molar-refractivity contribution in [2.45, 2.75) is 43.8 Å². The molecule has 4 saturated carbocycles. The molecule has 4 aliphatic carbocycles. The monoisotopic (exact) mass is 168 g/mol. The Hall–Kier alpha value is -0.0800. The van der Waals surface area contributed by atoms with E-state index in [1.54, 1.807) is 0 Å². The van der Waals surface area contributed by atoms with Crippen LogP contribution < -0.4 is 0 Å². The molecule has 4 aliphatic rings. The average Bonchev–Trinajstić information content (AvgIpc) is 2.22. The van der Waals surface area contributed by atoms with Crippen molar-refractivity contribution in [3.8, 4) is 0 Å². The fourth-order valence-corrected chi connectivity index (χ4v) is 4.07.